The van der Waals surface area contributed by atoms with Gasteiger partial charge in [-0.25, -0.2) is 8.78 Å². The maximum Gasteiger partial charge on any atom is 0.129 e. The van der Waals surface area contributed by atoms with E-state index in [2.05, 4.69) is 0 Å². The van der Waals surface area contributed by atoms with Gasteiger partial charge in [-0.05, 0) is 31.0 Å². The molecular formula is C12H16F2O2. The molecule has 1 aromatic rings. The summed E-state index contributed by atoms with van der Waals surface area (Å²) in [6, 6.07) is 2.83. The van der Waals surface area contributed by atoms with Gasteiger partial charge >= 0.3 is 0 Å². The van der Waals surface area contributed by atoms with Crippen LogP contribution in [-0.2, 0) is 0 Å². The van der Waals surface area contributed by atoms with Crippen LogP contribution in [0.1, 0.15) is 38.4 Å². The van der Waals surface area contributed by atoms with E-state index in [0.29, 0.717) is 0 Å². The molecule has 2 nitrogen and oxygen atoms in total. The zero-order valence-electron chi connectivity index (χ0n) is 9.37. The molecular weight excluding hydrogens is 214 g/mol. The Balaban J connectivity index is 3.12. The average Bonchev–Trinajstić information content (AvgIpc) is 2.30. The minimum absolute atomic E-state index is 0.203. The Morgan fingerprint density at radius 2 is 1.81 bits per heavy atom. The molecule has 0 heterocycles. The van der Waals surface area contributed by atoms with Crippen LogP contribution in [0.3, 0.4) is 0 Å². The van der Waals surface area contributed by atoms with Gasteiger partial charge in [0.05, 0.1) is 5.60 Å². The molecule has 0 amide bonds. The first-order chi connectivity index (χ1) is 7.44. The van der Waals surface area contributed by atoms with E-state index in [1.54, 1.807) is 13.8 Å². The number of hydrogen-bond acceptors (Lipinski definition) is 2. The maximum absolute atomic E-state index is 13.4. The van der Waals surface area contributed by atoms with E-state index in [1.165, 1.54) is 0 Å². The van der Waals surface area contributed by atoms with Crippen LogP contribution in [0.2, 0.25) is 0 Å². The van der Waals surface area contributed by atoms with Crippen LogP contribution in [-0.4, -0.2) is 15.8 Å². The van der Waals surface area contributed by atoms with Crippen LogP contribution in [0.15, 0.2) is 18.2 Å². The summed E-state index contributed by atoms with van der Waals surface area (Å²) >= 11 is 0. The fraction of sp³-hybridized carbons (Fsp3) is 0.500. The molecule has 4 heteroatoms. The Bertz CT molecular complexity index is 362. The van der Waals surface area contributed by atoms with Gasteiger partial charge in [0.1, 0.15) is 17.7 Å². The van der Waals surface area contributed by atoms with Crippen molar-refractivity contribution in [3.8, 4) is 0 Å². The van der Waals surface area contributed by atoms with Gasteiger partial charge in [0, 0.05) is 5.56 Å². The van der Waals surface area contributed by atoms with Gasteiger partial charge in [-0.3, -0.25) is 0 Å². The van der Waals surface area contributed by atoms with Crippen molar-refractivity contribution in [3.63, 3.8) is 0 Å². The van der Waals surface area contributed by atoms with Crippen molar-refractivity contribution in [3.05, 3.63) is 35.4 Å². The monoisotopic (exact) mass is 230 g/mol. The van der Waals surface area contributed by atoms with E-state index in [4.69, 9.17) is 0 Å². The summed E-state index contributed by atoms with van der Waals surface area (Å²) in [6.07, 6.45) is -0.889. The van der Waals surface area contributed by atoms with Crippen LogP contribution in [0, 0.1) is 11.6 Å². The van der Waals surface area contributed by atoms with Gasteiger partial charge < -0.3 is 10.2 Å². The molecule has 0 aliphatic heterocycles. The molecule has 90 valence electrons. The van der Waals surface area contributed by atoms with E-state index in [9.17, 15) is 19.0 Å². The Kier molecular flexibility index (Phi) is 3.99. The van der Waals surface area contributed by atoms with Crippen molar-refractivity contribution in [1.82, 2.24) is 0 Å². The van der Waals surface area contributed by atoms with Crippen LogP contribution >= 0.6 is 0 Å². The predicted molar refractivity (Wildman–Crippen MR) is 56.8 cm³/mol. The first kappa shape index (κ1) is 13.1. The van der Waals surface area contributed by atoms with Gasteiger partial charge in [-0.2, -0.15) is 0 Å². The smallest absolute Gasteiger partial charge is 0.129 e. The molecule has 0 radical (unpaired) electrons. The first-order valence-corrected chi connectivity index (χ1v) is 5.30. The van der Waals surface area contributed by atoms with E-state index in [0.717, 1.165) is 18.2 Å². The highest BCUT2D eigenvalue weighted by Crippen LogP contribution is 2.33. The highest BCUT2D eigenvalue weighted by atomic mass is 19.1. The fourth-order valence-corrected chi connectivity index (χ4v) is 1.65. The largest absolute Gasteiger partial charge is 0.387 e. The van der Waals surface area contributed by atoms with Crippen molar-refractivity contribution in [1.29, 1.82) is 0 Å². The van der Waals surface area contributed by atoms with Gasteiger partial charge in [-0.1, -0.05) is 13.8 Å². The molecule has 16 heavy (non-hydrogen) atoms. The number of benzene rings is 1. The van der Waals surface area contributed by atoms with Crippen LogP contribution < -0.4 is 0 Å². The molecule has 0 bridgehead atoms. The third-order valence-corrected chi connectivity index (χ3v) is 2.99. The van der Waals surface area contributed by atoms with E-state index >= 15 is 0 Å². The molecule has 1 aromatic carbocycles. The molecule has 0 aromatic heterocycles. The summed E-state index contributed by atoms with van der Waals surface area (Å²) in [7, 11) is 0. The Morgan fingerprint density at radius 1 is 1.25 bits per heavy atom. The van der Waals surface area contributed by atoms with Crippen LogP contribution in [0.5, 0.6) is 0 Å². The zero-order chi connectivity index (χ0) is 12.3. The minimum Gasteiger partial charge on any atom is -0.387 e. The average molecular weight is 230 g/mol. The molecule has 0 aliphatic rings. The number of aliphatic hydroxyl groups excluding tert-OH is 1. The Hall–Kier alpha value is -1.00. The second-order valence-electron chi connectivity index (χ2n) is 3.88. The molecule has 0 aliphatic carbocycles. The van der Waals surface area contributed by atoms with Crippen molar-refractivity contribution >= 4 is 0 Å². The second-order valence-corrected chi connectivity index (χ2v) is 3.88. The molecule has 0 spiro atoms. The van der Waals surface area contributed by atoms with Gasteiger partial charge in [-0.15, -0.1) is 0 Å². The van der Waals surface area contributed by atoms with Crippen molar-refractivity contribution < 1.29 is 19.0 Å². The topological polar surface area (TPSA) is 40.5 Å². The highest BCUT2D eigenvalue weighted by molar-refractivity contribution is 5.23. The highest BCUT2D eigenvalue weighted by Gasteiger charge is 2.34. The predicted octanol–water partition coefficient (Wildman–Crippen LogP) is 2.55. The van der Waals surface area contributed by atoms with Gasteiger partial charge in [0.2, 0.25) is 0 Å². The molecule has 2 N–H and O–H groups in total. The first-order valence-electron chi connectivity index (χ1n) is 5.30. The molecule has 1 unspecified atom stereocenters. The standard InChI is InChI=1S/C12H16F2O2/c1-3-12(16,4-2)11(15)9-7-8(13)5-6-10(9)14/h5-7,11,15-16H,3-4H2,1-2H3. The third-order valence-electron chi connectivity index (χ3n) is 2.99. The maximum atomic E-state index is 13.4. The number of rotatable bonds is 4. The summed E-state index contributed by atoms with van der Waals surface area (Å²) in [6.45, 7) is 3.37. The second kappa shape index (κ2) is 4.89. The lowest BCUT2D eigenvalue weighted by Gasteiger charge is -2.31. The lowest BCUT2D eigenvalue weighted by molar-refractivity contribution is -0.0835. The summed E-state index contributed by atoms with van der Waals surface area (Å²) in [5, 5.41) is 19.9. The van der Waals surface area contributed by atoms with E-state index in [-0.39, 0.29) is 18.4 Å². The lowest BCUT2D eigenvalue weighted by atomic mass is 9.86. The quantitative estimate of drug-likeness (QED) is 0.834. The fourth-order valence-electron chi connectivity index (χ4n) is 1.65. The molecule has 0 saturated heterocycles. The summed E-state index contributed by atoms with van der Waals surface area (Å²) in [4.78, 5) is 0. The normalized spacial score (nSPS) is 13.9. The molecule has 0 saturated carbocycles. The number of aliphatic hydroxyl groups is 2. The van der Waals surface area contributed by atoms with Crippen molar-refractivity contribution in [2.45, 2.75) is 38.4 Å². The zero-order valence-corrected chi connectivity index (χ0v) is 9.37. The Labute approximate surface area is 93.5 Å². The lowest BCUT2D eigenvalue weighted by Crippen LogP contribution is -2.35. The molecule has 0 fully saturated rings. The SMILES string of the molecule is CCC(O)(CC)C(O)c1cc(F)ccc1F. The van der Waals surface area contributed by atoms with E-state index in [1.807, 2.05) is 0 Å². The minimum atomic E-state index is -1.42. The third kappa shape index (κ3) is 2.39. The summed E-state index contributed by atoms with van der Waals surface area (Å²) in [5.74, 6) is -1.35. The summed E-state index contributed by atoms with van der Waals surface area (Å²) < 4.78 is 26.3. The van der Waals surface area contributed by atoms with E-state index < -0.39 is 23.3 Å². The summed E-state index contributed by atoms with van der Waals surface area (Å²) in [5.41, 5.74) is -1.62. The van der Waals surface area contributed by atoms with Crippen LogP contribution in [0.4, 0.5) is 8.78 Å². The van der Waals surface area contributed by atoms with Gasteiger partial charge in [0.15, 0.2) is 0 Å². The van der Waals surface area contributed by atoms with Crippen molar-refractivity contribution in [2.24, 2.45) is 0 Å². The molecule has 1 atom stereocenters. The van der Waals surface area contributed by atoms with Gasteiger partial charge in [0.25, 0.3) is 0 Å². The molecule has 1 rings (SSSR count). The van der Waals surface area contributed by atoms with Crippen molar-refractivity contribution in [2.75, 3.05) is 0 Å². The van der Waals surface area contributed by atoms with Crippen LogP contribution in [0.25, 0.3) is 0 Å². The number of hydrogen-bond donors (Lipinski definition) is 2. The Morgan fingerprint density at radius 3 is 2.31 bits per heavy atom. The number of halogens is 2.